The van der Waals surface area contributed by atoms with E-state index in [-0.39, 0.29) is 12.2 Å². The second-order valence-electron chi connectivity index (χ2n) is 4.43. The molecule has 0 fully saturated rings. The van der Waals surface area contributed by atoms with Gasteiger partial charge in [0.1, 0.15) is 0 Å². The summed E-state index contributed by atoms with van der Waals surface area (Å²) in [4.78, 5) is 23.5. The standard InChI is InChI=1S/C16H15NO3/c18-14(11-15(19)17-20)16(12-7-3-1-4-8-12)13-9-5-2-6-10-13/h1-10,16,20H,11H2,(H,17,19). The normalized spacial score (nSPS) is 10.3. The molecule has 2 aromatic carbocycles. The van der Waals surface area contributed by atoms with Crippen LogP contribution in [0.4, 0.5) is 0 Å². The van der Waals surface area contributed by atoms with Crippen molar-refractivity contribution in [2.24, 2.45) is 0 Å². The molecule has 0 spiro atoms. The van der Waals surface area contributed by atoms with Crippen LogP contribution in [0.15, 0.2) is 60.7 Å². The largest absolute Gasteiger partial charge is 0.298 e. The molecule has 0 aromatic heterocycles. The van der Waals surface area contributed by atoms with E-state index in [0.29, 0.717) is 0 Å². The van der Waals surface area contributed by atoms with Crippen molar-refractivity contribution >= 4 is 11.7 Å². The predicted octanol–water partition coefficient (Wildman–Crippen LogP) is 2.28. The molecule has 0 aliphatic heterocycles. The van der Waals surface area contributed by atoms with E-state index in [1.54, 1.807) is 0 Å². The topological polar surface area (TPSA) is 66.4 Å². The first-order valence-electron chi connectivity index (χ1n) is 6.28. The van der Waals surface area contributed by atoms with Gasteiger partial charge in [0.15, 0.2) is 5.78 Å². The van der Waals surface area contributed by atoms with Gasteiger partial charge in [0.25, 0.3) is 5.91 Å². The van der Waals surface area contributed by atoms with Crippen LogP contribution >= 0.6 is 0 Å². The summed E-state index contributed by atoms with van der Waals surface area (Å²) in [5.41, 5.74) is 3.15. The fourth-order valence-electron chi connectivity index (χ4n) is 2.16. The van der Waals surface area contributed by atoms with Gasteiger partial charge in [0.2, 0.25) is 0 Å². The minimum Gasteiger partial charge on any atom is -0.298 e. The van der Waals surface area contributed by atoms with E-state index in [9.17, 15) is 9.59 Å². The second kappa shape index (κ2) is 6.63. The van der Waals surface area contributed by atoms with Crippen LogP contribution < -0.4 is 5.48 Å². The summed E-state index contributed by atoms with van der Waals surface area (Å²) in [5.74, 6) is -1.46. The Morgan fingerprint density at radius 3 is 1.75 bits per heavy atom. The Morgan fingerprint density at radius 2 is 1.35 bits per heavy atom. The third kappa shape index (κ3) is 3.30. The molecule has 0 radical (unpaired) electrons. The molecule has 1 amide bonds. The number of hydroxylamine groups is 1. The Balaban J connectivity index is 2.35. The molecule has 0 heterocycles. The van der Waals surface area contributed by atoms with Gasteiger partial charge in [0, 0.05) is 0 Å². The van der Waals surface area contributed by atoms with Crippen molar-refractivity contribution in [2.45, 2.75) is 12.3 Å². The average molecular weight is 269 g/mol. The SMILES string of the molecule is O=C(CC(=O)C(c1ccccc1)c1ccccc1)NO. The van der Waals surface area contributed by atoms with Gasteiger partial charge in [0.05, 0.1) is 12.3 Å². The summed E-state index contributed by atoms with van der Waals surface area (Å²) in [6, 6.07) is 18.6. The van der Waals surface area contributed by atoms with Gasteiger partial charge in [-0.3, -0.25) is 14.8 Å². The van der Waals surface area contributed by atoms with Crippen LogP contribution in [0.1, 0.15) is 23.5 Å². The Labute approximate surface area is 117 Å². The monoisotopic (exact) mass is 269 g/mol. The van der Waals surface area contributed by atoms with E-state index in [2.05, 4.69) is 0 Å². The van der Waals surface area contributed by atoms with Crippen LogP contribution in [0.2, 0.25) is 0 Å². The lowest BCUT2D eigenvalue weighted by atomic mass is 9.86. The summed E-state index contributed by atoms with van der Waals surface area (Å²) in [7, 11) is 0. The maximum Gasteiger partial charge on any atom is 0.250 e. The Bertz CT molecular complexity index is 542. The van der Waals surface area contributed by atoms with Gasteiger partial charge in [-0.2, -0.15) is 0 Å². The molecule has 4 heteroatoms. The number of hydrogen-bond donors (Lipinski definition) is 2. The van der Waals surface area contributed by atoms with Crippen LogP contribution in [0, 0.1) is 0 Å². The number of carbonyl (C=O) groups is 2. The van der Waals surface area contributed by atoms with Crippen LogP contribution in [-0.4, -0.2) is 16.9 Å². The lowest BCUT2D eigenvalue weighted by Gasteiger charge is -2.16. The van der Waals surface area contributed by atoms with Crippen LogP contribution in [-0.2, 0) is 9.59 Å². The van der Waals surface area contributed by atoms with E-state index in [4.69, 9.17) is 5.21 Å². The first kappa shape index (κ1) is 14.0. The summed E-state index contributed by atoms with van der Waals surface area (Å²) in [6.07, 6.45) is -0.356. The number of benzene rings is 2. The molecule has 0 saturated carbocycles. The Hall–Kier alpha value is -2.46. The van der Waals surface area contributed by atoms with Crippen molar-refractivity contribution < 1.29 is 14.8 Å². The van der Waals surface area contributed by atoms with Crippen molar-refractivity contribution in [2.75, 3.05) is 0 Å². The lowest BCUT2D eigenvalue weighted by Crippen LogP contribution is -2.25. The molecule has 102 valence electrons. The van der Waals surface area contributed by atoms with Crippen LogP contribution in [0.3, 0.4) is 0 Å². The average Bonchev–Trinajstić information content (AvgIpc) is 2.49. The highest BCUT2D eigenvalue weighted by Gasteiger charge is 2.24. The minimum absolute atomic E-state index is 0.256. The van der Waals surface area contributed by atoms with Gasteiger partial charge >= 0.3 is 0 Å². The molecule has 0 aliphatic carbocycles. The highest BCUT2D eigenvalue weighted by atomic mass is 16.5. The zero-order valence-corrected chi connectivity index (χ0v) is 10.8. The van der Waals surface area contributed by atoms with E-state index >= 15 is 0 Å². The van der Waals surface area contributed by atoms with E-state index in [0.717, 1.165) is 11.1 Å². The van der Waals surface area contributed by atoms with Gasteiger partial charge < -0.3 is 0 Å². The van der Waals surface area contributed by atoms with Crippen molar-refractivity contribution in [1.29, 1.82) is 0 Å². The van der Waals surface area contributed by atoms with Gasteiger partial charge in [-0.1, -0.05) is 60.7 Å². The lowest BCUT2D eigenvalue weighted by molar-refractivity contribution is -0.134. The highest BCUT2D eigenvalue weighted by Crippen LogP contribution is 2.26. The molecule has 2 aromatic rings. The number of rotatable bonds is 5. The zero-order chi connectivity index (χ0) is 14.4. The van der Waals surface area contributed by atoms with Gasteiger partial charge in [-0.05, 0) is 11.1 Å². The number of Topliss-reactive ketones (excluding diaryl/α,β-unsaturated/α-hetero) is 1. The third-order valence-electron chi connectivity index (χ3n) is 3.05. The van der Waals surface area contributed by atoms with Crippen molar-refractivity contribution in [1.82, 2.24) is 5.48 Å². The van der Waals surface area contributed by atoms with E-state index in [1.807, 2.05) is 60.7 Å². The Morgan fingerprint density at radius 1 is 0.900 bits per heavy atom. The molecule has 0 saturated heterocycles. The third-order valence-corrected chi connectivity index (χ3v) is 3.05. The molecule has 0 bridgehead atoms. The number of hydrogen-bond acceptors (Lipinski definition) is 3. The summed E-state index contributed by atoms with van der Waals surface area (Å²) >= 11 is 0. The van der Waals surface area contributed by atoms with Crippen molar-refractivity contribution in [3.05, 3.63) is 71.8 Å². The second-order valence-corrected chi connectivity index (χ2v) is 4.43. The minimum atomic E-state index is -0.702. The molecule has 20 heavy (non-hydrogen) atoms. The van der Waals surface area contributed by atoms with Gasteiger partial charge in [-0.25, -0.2) is 5.48 Å². The van der Waals surface area contributed by atoms with Crippen molar-refractivity contribution in [3.8, 4) is 0 Å². The predicted molar refractivity (Wildman–Crippen MR) is 74.3 cm³/mol. The van der Waals surface area contributed by atoms with Gasteiger partial charge in [-0.15, -0.1) is 0 Å². The number of amides is 1. The molecular weight excluding hydrogens is 254 g/mol. The first-order valence-corrected chi connectivity index (χ1v) is 6.28. The molecule has 0 atom stereocenters. The first-order chi connectivity index (χ1) is 9.72. The molecule has 2 N–H and O–H groups in total. The molecule has 4 nitrogen and oxygen atoms in total. The number of ketones is 1. The number of nitrogens with one attached hydrogen (secondary N) is 1. The maximum absolute atomic E-state index is 12.3. The van der Waals surface area contributed by atoms with Crippen LogP contribution in [0.5, 0.6) is 0 Å². The smallest absolute Gasteiger partial charge is 0.250 e. The maximum atomic E-state index is 12.3. The van der Waals surface area contributed by atoms with E-state index < -0.39 is 11.8 Å². The van der Waals surface area contributed by atoms with Crippen molar-refractivity contribution in [3.63, 3.8) is 0 Å². The highest BCUT2D eigenvalue weighted by molar-refractivity contribution is 6.02. The Kier molecular flexibility index (Phi) is 4.63. The molecular formula is C16H15NO3. The number of carbonyl (C=O) groups excluding carboxylic acids is 2. The fraction of sp³-hybridized carbons (Fsp3) is 0.125. The summed E-state index contributed by atoms with van der Waals surface area (Å²) in [6.45, 7) is 0. The summed E-state index contributed by atoms with van der Waals surface area (Å²) in [5, 5.41) is 8.55. The van der Waals surface area contributed by atoms with E-state index in [1.165, 1.54) is 5.48 Å². The zero-order valence-electron chi connectivity index (χ0n) is 10.8. The quantitative estimate of drug-likeness (QED) is 0.497. The summed E-state index contributed by atoms with van der Waals surface area (Å²) < 4.78 is 0. The molecule has 0 unspecified atom stereocenters. The fourth-order valence-corrected chi connectivity index (χ4v) is 2.16. The molecule has 2 rings (SSSR count). The molecule has 0 aliphatic rings. The van der Waals surface area contributed by atoms with Crippen LogP contribution in [0.25, 0.3) is 0 Å².